The molecule has 1 saturated heterocycles. The van der Waals surface area contributed by atoms with Gasteiger partial charge in [-0.3, -0.25) is 0 Å². The number of ether oxygens (including phenoxy) is 1. The Bertz CT molecular complexity index is 907. The number of amides is 1. The molecular formula is C16H15ClF4N4O2S. The predicted molar refractivity (Wildman–Crippen MR) is 93.7 cm³/mol. The molecule has 6 nitrogen and oxygen atoms in total. The minimum absolute atomic E-state index is 0.135. The van der Waals surface area contributed by atoms with Crippen LogP contribution in [0, 0.1) is 5.82 Å². The molecule has 0 atom stereocenters. The highest BCUT2D eigenvalue weighted by Gasteiger charge is 2.42. The summed E-state index contributed by atoms with van der Waals surface area (Å²) in [6, 6.07) is 0. The summed E-state index contributed by atoms with van der Waals surface area (Å²) in [5, 5.41) is -0.240. The molecule has 3 heterocycles. The van der Waals surface area contributed by atoms with Gasteiger partial charge in [-0.2, -0.15) is 13.2 Å². The van der Waals surface area contributed by atoms with Crippen molar-refractivity contribution in [3.8, 4) is 10.6 Å². The van der Waals surface area contributed by atoms with Crippen LogP contribution in [0.4, 0.5) is 22.4 Å². The molecule has 0 spiro atoms. The quantitative estimate of drug-likeness (QED) is 0.500. The number of thiazole rings is 1. The van der Waals surface area contributed by atoms with Crippen LogP contribution in [0.2, 0.25) is 5.28 Å². The van der Waals surface area contributed by atoms with E-state index in [1.165, 1.54) is 4.90 Å². The molecule has 0 radical (unpaired) electrons. The van der Waals surface area contributed by atoms with Crippen LogP contribution < -0.4 is 0 Å². The summed E-state index contributed by atoms with van der Waals surface area (Å²) in [5.74, 6) is -1.44. The number of hydrogen-bond donors (Lipinski definition) is 0. The van der Waals surface area contributed by atoms with Crippen molar-refractivity contribution in [1.29, 1.82) is 0 Å². The Morgan fingerprint density at radius 1 is 1.29 bits per heavy atom. The van der Waals surface area contributed by atoms with Gasteiger partial charge in [0, 0.05) is 19.0 Å². The van der Waals surface area contributed by atoms with Gasteiger partial charge in [0.15, 0.2) is 11.5 Å². The molecule has 0 aliphatic carbocycles. The van der Waals surface area contributed by atoms with Gasteiger partial charge in [0.1, 0.15) is 16.3 Å². The van der Waals surface area contributed by atoms with Crippen LogP contribution in [0.1, 0.15) is 37.4 Å². The number of carbonyl (C=O) groups is 1. The summed E-state index contributed by atoms with van der Waals surface area (Å²) in [7, 11) is 0. The van der Waals surface area contributed by atoms with E-state index in [1.807, 2.05) is 0 Å². The van der Waals surface area contributed by atoms with E-state index in [-0.39, 0.29) is 23.4 Å². The van der Waals surface area contributed by atoms with Crippen molar-refractivity contribution in [2.75, 3.05) is 13.1 Å². The Kier molecular flexibility index (Phi) is 5.26. The molecule has 2 aromatic heterocycles. The van der Waals surface area contributed by atoms with Crippen LogP contribution >= 0.6 is 22.9 Å². The number of hydrogen-bond acceptors (Lipinski definition) is 6. The van der Waals surface area contributed by atoms with Crippen LogP contribution in [-0.2, 0) is 10.9 Å². The van der Waals surface area contributed by atoms with Crippen molar-refractivity contribution in [2.45, 2.75) is 38.5 Å². The van der Waals surface area contributed by atoms with Crippen LogP contribution in [0.15, 0.2) is 6.20 Å². The highest BCUT2D eigenvalue weighted by molar-refractivity contribution is 7.15. The molecule has 28 heavy (non-hydrogen) atoms. The molecule has 12 heteroatoms. The third-order valence-corrected chi connectivity index (χ3v) is 5.13. The number of alkyl halides is 3. The average Bonchev–Trinajstić information content (AvgIpc) is 2.91. The third kappa shape index (κ3) is 4.35. The number of rotatable bonds is 2. The molecule has 0 bridgehead atoms. The molecule has 152 valence electrons. The van der Waals surface area contributed by atoms with Crippen molar-refractivity contribution >= 4 is 29.0 Å². The summed E-state index contributed by atoms with van der Waals surface area (Å²) in [5.41, 5.74) is -2.47. The zero-order chi connectivity index (χ0) is 20.9. The number of carbonyl (C=O) groups excluding carboxylic acids is 1. The predicted octanol–water partition coefficient (Wildman–Crippen LogP) is 4.75. The van der Waals surface area contributed by atoms with E-state index in [1.54, 1.807) is 20.8 Å². The van der Waals surface area contributed by atoms with Gasteiger partial charge in [-0.05, 0) is 32.4 Å². The highest BCUT2D eigenvalue weighted by atomic mass is 35.5. The first-order valence-electron chi connectivity index (χ1n) is 8.09. The molecule has 1 aliphatic heterocycles. The molecule has 2 aromatic rings. The second-order valence-electron chi connectivity index (χ2n) is 7.15. The third-order valence-electron chi connectivity index (χ3n) is 3.72. The highest BCUT2D eigenvalue weighted by Crippen LogP contribution is 2.43. The fourth-order valence-electron chi connectivity index (χ4n) is 2.48. The first-order chi connectivity index (χ1) is 12.8. The number of halogens is 5. The molecule has 0 unspecified atom stereocenters. The lowest BCUT2D eigenvalue weighted by Crippen LogP contribution is -2.50. The Morgan fingerprint density at radius 2 is 1.93 bits per heavy atom. The molecule has 1 amide bonds. The minimum Gasteiger partial charge on any atom is -0.444 e. The molecule has 0 saturated carbocycles. The lowest BCUT2D eigenvalue weighted by molar-refractivity contribution is -0.140. The number of likely N-dealkylation sites (tertiary alicyclic amines) is 1. The van der Waals surface area contributed by atoms with Crippen molar-refractivity contribution in [1.82, 2.24) is 19.9 Å². The van der Waals surface area contributed by atoms with Gasteiger partial charge in [-0.1, -0.05) is 0 Å². The van der Waals surface area contributed by atoms with Crippen molar-refractivity contribution < 1.29 is 27.1 Å². The minimum atomic E-state index is -4.80. The lowest BCUT2D eigenvalue weighted by Gasteiger charge is -2.38. The fourth-order valence-corrected chi connectivity index (χ4v) is 3.77. The summed E-state index contributed by atoms with van der Waals surface area (Å²) in [6.45, 7) is 5.46. The lowest BCUT2D eigenvalue weighted by atomic mass is 10.0. The standard InChI is InChI=1S/C16H15ClF4N4O2S/c1-15(2,3)27-14(26)25-5-7(6-25)12-24-11(16(19,20)21)10(28-12)9-8(18)4-22-13(17)23-9/h4,7H,5-6H2,1-3H3. The van der Waals surface area contributed by atoms with Gasteiger partial charge in [0.05, 0.1) is 11.1 Å². The van der Waals surface area contributed by atoms with Crippen LogP contribution in [0.25, 0.3) is 10.6 Å². The van der Waals surface area contributed by atoms with Crippen LogP contribution in [-0.4, -0.2) is 44.6 Å². The Balaban J connectivity index is 1.86. The van der Waals surface area contributed by atoms with E-state index in [0.717, 1.165) is 0 Å². The summed E-state index contributed by atoms with van der Waals surface area (Å²) in [4.78, 5) is 23.5. The molecule has 0 aromatic carbocycles. The van der Waals surface area contributed by atoms with Gasteiger partial charge in [0.25, 0.3) is 0 Å². The summed E-state index contributed by atoms with van der Waals surface area (Å²) >= 11 is 6.28. The SMILES string of the molecule is CC(C)(C)OC(=O)N1CC(c2nc(C(F)(F)F)c(-c3nc(Cl)ncc3F)s2)C1. The number of aromatic nitrogens is 3. The first kappa shape index (κ1) is 20.7. The normalized spacial score (nSPS) is 15.5. The number of nitrogens with zero attached hydrogens (tertiary/aromatic N) is 4. The molecule has 1 aliphatic rings. The fraction of sp³-hybridized carbons (Fsp3) is 0.500. The van der Waals surface area contributed by atoms with Gasteiger partial charge in [-0.15, -0.1) is 11.3 Å². The zero-order valence-corrected chi connectivity index (χ0v) is 16.5. The van der Waals surface area contributed by atoms with E-state index in [9.17, 15) is 22.4 Å². The van der Waals surface area contributed by atoms with E-state index in [0.29, 0.717) is 17.5 Å². The van der Waals surface area contributed by atoms with E-state index >= 15 is 0 Å². The Hall–Kier alpha value is -2.01. The van der Waals surface area contributed by atoms with Crippen molar-refractivity contribution in [3.63, 3.8) is 0 Å². The maximum atomic E-state index is 14.0. The second-order valence-corrected chi connectivity index (χ2v) is 8.51. The van der Waals surface area contributed by atoms with Crippen molar-refractivity contribution in [3.05, 3.63) is 28.0 Å². The molecular weight excluding hydrogens is 424 g/mol. The Labute approximate surface area is 166 Å². The van der Waals surface area contributed by atoms with Crippen LogP contribution in [0.3, 0.4) is 0 Å². The monoisotopic (exact) mass is 438 g/mol. The Morgan fingerprint density at radius 3 is 2.50 bits per heavy atom. The second kappa shape index (κ2) is 7.11. The van der Waals surface area contributed by atoms with Crippen LogP contribution in [0.5, 0.6) is 0 Å². The van der Waals surface area contributed by atoms with E-state index in [4.69, 9.17) is 16.3 Å². The van der Waals surface area contributed by atoms with Gasteiger partial charge in [-0.25, -0.2) is 24.1 Å². The van der Waals surface area contributed by atoms with Gasteiger partial charge < -0.3 is 9.64 Å². The largest absolute Gasteiger partial charge is 0.444 e. The smallest absolute Gasteiger partial charge is 0.434 e. The van der Waals surface area contributed by atoms with Crippen molar-refractivity contribution in [2.24, 2.45) is 0 Å². The zero-order valence-electron chi connectivity index (χ0n) is 15.0. The summed E-state index contributed by atoms with van der Waals surface area (Å²) in [6.07, 6.45) is -4.65. The first-order valence-corrected chi connectivity index (χ1v) is 9.29. The maximum Gasteiger partial charge on any atom is 0.434 e. The van der Waals surface area contributed by atoms with Gasteiger partial charge >= 0.3 is 12.3 Å². The molecule has 1 fully saturated rings. The molecule has 0 N–H and O–H groups in total. The van der Waals surface area contributed by atoms with Gasteiger partial charge in [0.2, 0.25) is 5.28 Å². The summed E-state index contributed by atoms with van der Waals surface area (Å²) < 4.78 is 59.5. The van der Waals surface area contributed by atoms with E-state index < -0.39 is 45.9 Å². The topological polar surface area (TPSA) is 68.2 Å². The van der Waals surface area contributed by atoms with E-state index in [2.05, 4.69) is 15.0 Å². The molecule has 3 rings (SSSR count). The average molecular weight is 439 g/mol. The maximum absolute atomic E-state index is 14.0.